The van der Waals surface area contributed by atoms with E-state index in [-0.39, 0.29) is 11.3 Å². The topological polar surface area (TPSA) is 95.3 Å². The summed E-state index contributed by atoms with van der Waals surface area (Å²) < 4.78 is 0.934. The first-order valence-electron chi connectivity index (χ1n) is 8.70. The fraction of sp³-hybridized carbons (Fsp3) is 0.0952. The molecule has 7 heteroatoms. The van der Waals surface area contributed by atoms with Crippen molar-refractivity contribution >= 4 is 33.3 Å². The highest BCUT2D eigenvalue weighted by Crippen LogP contribution is 2.35. The van der Waals surface area contributed by atoms with Crippen molar-refractivity contribution in [1.82, 2.24) is 9.97 Å². The van der Waals surface area contributed by atoms with Crippen molar-refractivity contribution in [2.45, 2.75) is 6.42 Å². The summed E-state index contributed by atoms with van der Waals surface area (Å²) in [5.74, 6) is 0.0704. The van der Waals surface area contributed by atoms with Gasteiger partial charge < -0.3 is 15.5 Å². The van der Waals surface area contributed by atoms with E-state index < -0.39 is 5.97 Å². The molecule has 0 fully saturated rings. The maximum absolute atomic E-state index is 11.2. The van der Waals surface area contributed by atoms with Crippen molar-refractivity contribution in [2.75, 3.05) is 11.9 Å². The van der Waals surface area contributed by atoms with E-state index in [1.807, 2.05) is 24.3 Å². The van der Waals surface area contributed by atoms with Crippen LogP contribution in [0.4, 0.5) is 5.82 Å². The smallest absolute Gasteiger partial charge is 0.335 e. The van der Waals surface area contributed by atoms with Gasteiger partial charge >= 0.3 is 5.97 Å². The summed E-state index contributed by atoms with van der Waals surface area (Å²) in [6.07, 6.45) is 2.32. The normalized spacial score (nSPS) is 10.9. The number of hydrogen-bond acceptors (Lipinski definition) is 6. The average Bonchev–Trinajstić information content (AvgIpc) is 3.15. The molecule has 0 saturated carbocycles. The Labute approximate surface area is 165 Å². The number of carboxylic acids is 1. The second-order valence-corrected chi connectivity index (χ2v) is 7.33. The number of benzene rings is 2. The summed E-state index contributed by atoms with van der Waals surface area (Å²) in [7, 11) is 0. The van der Waals surface area contributed by atoms with E-state index in [0.29, 0.717) is 6.54 Å². The zero-order valence-corrected chi connectivity index (χ0v) is 15.6. The summed E-state index contributed by atoms with van der Waals surface area (Å²) in [6, 6.07) is 16.0. The van der Waals surface area contributed by atoms with Crippen molar-refractivity contribution in [3.8, 4) is 16.2 Å². The Morgan fingerprint density at radius 1 is 1.07 bits per heavy atom. The molecule has 140 valence electrons. The van der Waals surface area contributed by atoms with Gasteiger partial charge in [0.15, 0.2) is 0 Å². The van der Waals surface area contributed by atoms with Gasteiger partial charge in [-0.1, -0.05) is 24.3 Å². The molecule has 4 aromatic rings. The lowest BCUT2D eigenvalue weighted by molar-refractivity contribution is 0.0697. The van der Waals surface area contributed by atoms with E-state index in [2.05, 4.69) is 15.3 Å². The highest BCUT2D eigenvalue weighted by atomic mass is 32.1. The van der Waals surface area contributed by atoms with E-state index in [1.54, 1.807) is 30.3 Å². The summed E-state index contributed by atoms with van der Waals surface area (Å²) in [5.41, 5.74) is 3.04. The van der Waals surface area contributed by atoms with Gasteiger partial charge in [0.25, 0.3) is 0 Å². The van der Waals surface area contributed by atoms with Gasteiger partial charge in [-0.3, -0.25) is 0 Å². The van der Waals surface area contributed by atoms with Crippen LogP contribution in [0.3, 0.4) is 0 Å². The number of rotatable bonds is 6. The van der Waals surface area contributed by atoms with Crippen LogP contribution < -0.4 is 5.32 Å². The first-order valence-corrected chi connectivity index (χ1v) is 9.52. The molecule has 6 nitrogen and oxygen atoms in total. The third-order valence-corrected chi connectivity index (χ3v) is 5.53. The van der Waals surface area contributed by atoms with E-state index in [9.17, 15) is 15.0 Å². The molecule has 0 aliphatic carbocycles. The van der Waals surface area contributed by atoms with E-state index >= 15 is 0 Å². The molecule has 0 atom stereocenters. The number of nitrogens with zero attached hydrogens (tertiary/aromatic N) is 2. The van der Waals surface area contributed by atoms with Crippen LogP contribution in [0.5, 0.6) is 5.75 Å². The van der Waals surface area contributed by atoms with Gasteiger partial charge in [-0.05, 0) is 47.9 Å². The van der Waals surface area contributed by atoms with Crippen LogP contribution >= 0.6 is 11.3 Å². The monoisotopic (exact) mass is 391 g/mol. The number of carboxylic acid groups (broad SMARTS) is 1. The van der Waals surface area contributed by atoms with E-state index in [1.165, 1.54) is 17.7 Å². The maximum atomic E-state index is 11.2. The molecule has 0 aliphatic rings. The quantitative estimate of drug-likeness (QED) is 0.450. The molecular weight excluding hydrogens is 374 g/mol. The molecule has 0 bridgehead atoms. The number of nitrogens with one attached hydrogen (secondary N) is 1. The van der Waals surface area contributed by atoms with Crippen LogP contribution in [0.15, 0.2) is 60.9 Å². The predicted molar refractivity (Wildman–Crippen MR) is 110 cm³/mol. The summed E-state index contributed by atoms with van der Waals surface area (Å²) >= 11 is 1.53. The van der Waals surface area contributed by atoms with E-state index in [4.69, 9.17) is 0 Å². The van der Waals surface area contributed by atoms with Crippen LogP contribution in [0.2, 0.25) is 0 Å². The Balaban J connectivity index is 1.56. The lowest BCUT2D eigenvalue weighted by atomic mass is 10.1. The number of phenolic OH excluding ortho intramolecular Hbond substituents is 1. The standard InChI is InChI=1S/C21H17N3O3S/c25-16-6-4-13(5-7-16)8-9-22-20-19-17(23-12-24-20)11-18(28-19)14-2-1-3-15(10-14)21(26)27/h1-7,10-12,25H,8-9H2,(H,26,27)(H,22,23,24). The lowest BCUT2D eigenvalue weighted by Crippen LogP contribution is -2.06. The molecule has 2 heterocycles. The number of aromatic hydroxyl groups is 1. The second-order valence-electron chi connectivity index (χ2n) is 6.28. The largest absolute Gasteiger partial charge is 0.508 e. The van der Waals surface area contributed by atoms with Gasteiger partial charge in [0, 0.05) is 11.4 Å². The Morgan fingerprint density at radius 2 is 1.89 bits per heavy atom. The Kier molecular flexibility index (Phi) is 4.90. The zero-order valence-electron chi connectivity index (χ0n) is 14.8. The number of aromatic nitrogens is 2. The average molecular weight is 391 g/mol. The van der Waals surface area contributed by atoms with Gasteiger partial charge in [0.2, 0.25) is 0 Å². The lowest BCUT2D eigenvalue weighted by Gasteiger charge is -2.06. The molecule has 0 amide bonds. The third-order valence-electron chi connectivity index (χ3n) is 4.35. The second kappa shape index (κ2) is 7.66. The van der Waals surface area contributed by atoms with Crippen LogP contribution in [0, 0.1) is 0 Å². The molecule has 0 radical (unpaired) electrons. The van der Waals surface area contributed by atoms with E-state index in [0.717, 1.165) is 38.5 Å². The molecule has 0 saturated heterocycles. The highest BCUT2D eigenvalue weighted by molar-refractivity contribution is 7.22. The Bertz CT molecular complexity index is 1140. The number of thiophene rings is 1. The summed E-state index contributed by atoms with van der Waals surface area (Å²) in [6.45, 7) is 0.693. The predicted octanol–water partition coefficient (Wildman–Crippen LogP) is 4.42. The number of phenols is 1. The van der Waals surface area contributed by atoms with Crippen LogP contribution in [0.1, 0.15) is 15.9 Å². The first kappa shape index (κ1) is 17.9. The minimum absolute atomic E-state index is 0.257. The first-order chi connectivity index (χ1) is 13.6. The number of hydrogen-bond donors (Lipinski definition) is 3. The molecule has 4 rings (SSSR count). The number of carbonyl (C=O) groups is 1. The van der Waals surface area contributed by atoms with Gasteiger partial charge in [0.05, 0.1) is 15.8 Å². The fourth-order valence-electron chi connectivity index (χ4n) is 2.92. The Morgan fingerprint density at radius 3 is 2.68 bits per heavy atom. The van der Waals surface area contributed by atoms with Crippen molar-refractivity contribution in [3.05, 3.63) is 72.1 Å². The van der Waals surface area contributed by atoms with Crippen molar-refractivity contribution < 1.29 is 15.0 Å². The number of fused-ring (bicyclic) bond motifs is 1. The summed E-state index contributed by atoms with van der Waals surface area (Å²) in [4.78, 5) is 20.9. The Hall–Kier alpha value is -3.45. The number of anilines is 1. The van der Waals surface area contributed by atoms with Gasteiger partial charge in [-0.25, -0.2) is 14.8 Å². The molecular formula is C21H17N3O3S. The number of aromatic carboxylic acids is 1. The molecule has 2 aromatic carbocycles. The third kappa shape index (κ3) is 3.79. The van der Waals surface area contributed by atoms with Crippen LogP contribution in [-0.2, 0) is 6.42 Å². The van der Waals surface area contributed by atoms with Crippen molar-refractivity contribution in [1.29, 1.82) is 0 Å². The molecule has 0 aliphatic heterocycles. The summed E-state index contributed by atoms with van der Waals surface area (Å²) in [5, 5.41) is 21.9. The van der Waals surface area contributed by atoms with Gasteiger partial charge in [-0.15, -0.1) is 11.3 Å². The minimum atomic E-state index is -0.945. The molecule has 0 spiro atoms. The highest BCUT2D eigenvalue weighted by Gasteiger charge is 2.12. The van der Waals surface area contributed by atoms with Crippen molar-refractivity contribution in [3.63, 3.8) is 0 Å². The molecule has 0 unspecified atom stereocenters. The zero-order chi connectivity index (χ0) is 19.5. The van der Waals surface area contributed by atoms with Crippen LogP contribution in [-0.4, -0.2) is 32.7 Å². The maximum Gasteiger partial charge on any atom is 0.335 e. The fourth-order valence-corrected chi connectivity index (χ4v) is 3.99. The molecule has 2 aromatic heterocycles. The van der Waals surface area contributed by atoms with Gasteiger partial charge in [0.1, 0.15) is 17.9 Å². The minimum Gasteiger partial charge on any atom is -0.508 e. The van der Waals surface area contributed by atoms with Crippen LogP contribution in [0.25, 0.3) is 20.7 Å². The van der Waals surface area contributed by atoms with Gasteiger partial charge in [-0.2, -0.15) is 0 Å². The molecule has 28 heavy (non-hydrogen) atoms. The molecule has 3 N–H and O–H groups in total. The SMILES string of the molecule is O=C(O)c1cccc(-c2cc3ncnc(NCCc4ccc(O)cc4)c3s2)c1. The van der Waals surface area contributed by atoms with Crippen molar-refractivity contribution in [2.24, 2.45) is 0 Å².